The van der Waals surface area contributed by atoms with Crippen LogP contribution in [0.5, 0.6) is 0 Å². The summed E-state index contributed by atoms with van der Waals surface area (Å²) < 4.78 is 5.47. The van der Waals surface area contributed by atoms with E-state index in [1.165, 1.54) is 0 Å². The molecule has 0 atom stereocenters. The van der Waals surface area contributed by atoms with Gasteiger partial charge in [0.2, 0.25) is 5.89 Å². The highest BCUT2D eigenvalue weighted by molar-refractivity contribution is 5.93. The Hall–Kier alpha value is -2.70. The lowest BCUT2D eigenvalue weighted by Crippen LogP contribution is -2.31. The van der Waals surface area contributed by atoms with Crippen LogP contribution in [0.25, 0.3) is 0 Å². The molecule has 1 N–H and O–H groups in total. The maximum atomic E-state index is 12.3. The Labute approximate surface area is 134 Å². The summed E-state index contributed by atoms with van der Waals surface area (Å²) in [6, 6.07) is 5.09. The minimum absolute atomic E-state index is 0.0990. The number of amides is 2. The summed E-state index contributed by atoms with van der Waals surface area (Å²) in [6.07, 6.45) is 1.55. The van der Waals surface area contributed by atoms with Crippen molar-refractivity contribution in [3.63, 3.8) is 0 Å². The van der Waals surface area contributed by atoms with E-state index in [9.17, 15) is 9.59 Å². The second-order valence-electron chi connectivity index (χ2n) is 4.89. The Morgan fingerprint density at radius 1 is 1.26 bits per heavy atom. The van der Waals surface area contributed by atoms with Crippen molar-refractivity contribution in [3.8, 4) is 0 Å². The van der Waals surface area contributed by atoms with E-state index in [2.05, 4.69) is 15.3 Å². The van der Waals surface area contributed by atoms with Gasteiger partial charge < -0.3 is 14.6 Å². The Morgan fingerprint density at radius 2 is 2.00 bits per heavy atom. The summed E-state index contributed by atoms with van der Waals surface area (Å²) in [5.41, 5.74) is 0.603. The lowest BCUT2D eigenvalue weighted by Gasteiger charge is -2.16. The van der Waals surface area contributed by atoms with E-state index >= 15 is 0 Å². The number of carbonyl (C=O) groups excluding carboxylic acids is 2. The van der Waals surface area contributed by atoms with Gasteiger partial charge >= 0.3 is 0 Å². The summed E-state index contributed by atoms with van der Waals surface area (Å²) in [4.78, 5) is 34.1. The van der Waals surface area contributed by atoms with Crippen molar-refractivity contribution in [2.75, 3.05) is 13.1 Å². The maximum Gasteiger partial charge on any atom is 0.276 e. The minimum Gasteiger partial charge on any atom is -0.443 e. The topological polar surface area (TPSA) is 88.3 Å². The number of nitrogens with one attached hydrogen (secondary N) is 1. The highest BCUT2D eigenvalue weighted by Gasteiger charge is 2.21. The Balaban J connectivity index is 2.04. The number of hydrogen-bond donors (Lipinski definition) is 1. The molecule has 2 aromatic rings. The summed E-state index contributed by atoms with van der Waals surface area (Å²) in [7, 11) is 0. The molecule has 0 radical (unpaired) electrons. The van der Waals surface area contributed by atoms with Gasteiger partial charge in [0, 0.05) is 19.3 Å². The highest BCUT2D eigenvalue weighted by atomic mass is 16.4. The zero-order chi connectivity index (χ0) is 16.8. The van der Waals surface area contributed by atoms with Gasteiger partial charge in [0.25, 0.3) is 11.8 Å². The van der Waals surface area contributed by atoms with Crippen molar-refractivity contribution < 1.29 is 14.0 Å². The molecule has 0 spiro atoms. The van der Waals surface area contributed by atoms with Crippen LogP contribution >= 0.6 is 0 Å². The van der Waals surface area contributed by atoms with Gasteiger partial charge in [-0.2, -0.15) is 0 Å². The monoisotopic (exact) mass is 316 g/mol. The fourth-order valence-corrected chi connectivity index (χ4v) is 2.13. The van der Waals surface area contributed by atoms with Crippen LogP contribution < -0.4 is 5.32 Å². The molecule has 0 aliphatic heterocycles. The van der Waals surface area contributed by atoms with Crippen LogP contribution in [0, 0.1) is 6.92 Å². The molecule has 7 nitrogen and oxygen atoms in total. The summed E-state index contributed by atoms with van der Waals surface area (Å²) in [5.74, 6) is 0.253. The fraction of sp³-hybridized carbons (Fsp3) is 0.375. The number of oxazole rings is 1. The first-order chi connectivity index (χ1) is 11.1. The minimum atomic E-state index is -0.321. The number of aryl methyl sites for hydroxylation is 1. The Bertz CT molecular complexity index is 678. The second kappa shape index (κ2) is 7.53. The molecule has 0 aromatic carbocycles. The lowest BCUT2D eigenvalue weighted by atomic mass is 10.3. The molecular formula is C16H20N4O3. The number of rotatable bonds is 6. The SMILES string of the molecule is CCN(CC)C(=O)c1nc(CNC(=O)c2ccccn2)oc1C. The van der Waals surface area contributed by atoms with E-state index in [4.69, 9.17) is 4.42 Å². The zero-order valence-corrected chi connectivity index (χ0v) is 13.5. The predicted molar refractivity (Wildman–Crippen MR) is 83.9 cm³/mol. The average molecular weight is 316 g/mol. The standard InChI is InChI=1S/C16H20N4O3/c1-4-20(5-2)16(22)14-11(3)23-13(19-14)10-18-15(21)12-8-6-7-9-17-12/h6-9H,4-5,10H2,1-3H3,(H,18,21). The van der Waals surface area contributed by atoms with Crippen molar-refractivity contribution in [2.24, 2.45) is 0 Å². The molecule has 2 amide bonds. The van der Waals surface area contributed by atoms with Crippen molar-refractivity contribution in [1.82, 2.24) is 20.2 Å². The molecule has 0 fully saturated rings. The van der Waals surface area contributed by atoms with Crippen LogP contribution in [0.3, 0.4) is 0 Å². The van der Waals surface area contributed by atoms with Crippen molar-refractivity contribution >= 4 is 11.8 Å². The van der Waals surface area contributed by atoms with Gasteiger partial charge in [-0.3, -0.25) is 14.6 Å². The summed E-state index contributed by atoms with van der Waals surface area (Å²) in [6.45, 7) is 6.81. The van der Waals surface area contributed by atoms with E-state index < -0.39 is 0 Å². The molecule has 7 heteroatoms. The number of hydrogen-bond acceptors (Lipinski definition) is 5. The van der Waals surface area contributed by atoms with E-state index in [1.54, 1.807) is 36.2 Å². The van der Waals surface area contributed by atoms with E-state index in [-0.39, 0.29) is 24.1 Å². The second-order valence-corrected chi connectivity index (χ2v) is 4.89. The van der Waals surface area contributed by atoms with Gasteiger partial charge in [-0.15, -0.1) is 0 Å². The van der Waals surface area contributed by atoms with E-state index in [0.717, 1.165) is 0 Å². The predicted octanol–water partition coefficient (Wildman–Crippen LogP) is 1.79. The van der Waals surface area contributed by atoms with Crippen molar-refractivity contribution in [3.05, 3.63) is 47.4 Å². The quantitative estimate of drug-likeness (QED) is 0.877. The van der Waals surface area contributed by atoms with Crippen LogP contribution in [0.2, 0.25) is 0 Å². The lowest BCUT2D eigenvalue weighted by molar-refractivity contribution is 0.0766. The largest absolute Gasteiger partial charge is 0.443 e. The highest BCUT2D eigenvalue weighted by Crippen LogP contribution is 2.12. The molecule has 0 saturated carbocycles. The van der Waals surface area contributed by atoms with Crippen molar-refractivity contribution in [2.45, 2.75) is 27.3 Å². The van der Waals surface area contributed by atoms with Gasteiger partial charge in [-0.1, -0.05) is 6.07 Å². The average Bonchev–Trinajstić information content (AvgIpc) is 2.95. The third-order valence-corrected chi connectivity index (χ3v) is 3.39. The Morgan fingerprint density at radius 3 is 2.61 bits per heavy atom. The zero-order valence-electron chi connectivity index (χ0n) is 13.5. The molecule has 23 heavy (non-hydrogen) atoms. The normalized spacial score (nSPS) is 10.4. The number of carbonyl (C=O) groups is 2. The van der Waals surface area contributed by atoms with E-state index in [0.29, 0.717) is 30.4 Å². The first kappa shape index (κ1) is 16.7. The van der Waals surface area contributed by atoms with Crippen LogP contribution in [-0.2, 0) is 6.54 Å². The third kappa shape index (κ3) is 3.94. The molecular weight excluding hydrogens is 296 g/mol. The van der Waals surface area contributed by atoms with Crippen LogP contribution in [0.15, 0.2) is 28.8 Å². The molecule has 2 aromatic heterocycles. The van der Waals surface area contributed by atoms with Gasteiger partial charge in [-0.25, -0.2) is 4.98 Å². The first-order valence-corrected chi connectivity index (χ1v) is 7.51. The third-order valence-electron chi connectivity index (χ3n) is 3.39. The Kier molecular flexibility index (Phi) is 5.46. The van der Waals surface area contributed by atoms with Crippen molar-refractivity contribution in [1.29, 1.82) is 0 Å². The molecule has 2 rings (SSSR count). The fourth-order valence-electron chi connectivity index (χ4n) is 2.13. The molecule has 0 bridgehead atoms. The smallest absolute Gasteiger partial charge is 0.276 e. The number of aromatic nitrogens is 2. The maximum absolute atomic E-state index is 12.3. The molecule has 0 saturated heterocycles. The van der Waals surface area contributed by atoms with Crippen LogP contribution in [0.4, 0.5) is 0 Å². The van der Waals surface area contributed by atoms with E-state index in [1.807, 2.05) is 13.8 Å². The van der Waals surface area contributed by atoms with Gasteiger partial charge in [0.1, 0.15) is 11.5 Å². The summed E-state index contributed by atoms with van der Waals surface area (Å²) >= 11 is 0. The molecule has 0 unspecified atom stereocenters. The molecule has 2 heterocycles. The molecule has 0 aliphatic rings. The van der Waals surface area contributed by atoms with Gasteiger partial charge in [-0.05, 0) is 32.9 Å². The first-order valence-electron chi connectivity index (χ1n) is 7.51. The van der Waals surface area contributed by atoms with Crippen LogP contribution in [-0.4, -0.2) is 39.8 Å². The molecule has 122 valence electrons. The number of nitrogens with zero attached hydrogens (tertiary/aromatic N) is 3. The van der Waals surface area contributed by atoms with Crippen LogP contribution in [0.1, 0.15) is 46.5 Å². The van der Waals surface area contributed by atoms with Gasteiger partial charge in [0.15, 0.2) is 5.69 Å². The number of pyridine rings is 1. The molecule has 0 aliphatic carbocycles. The summed E-state index contributed by atoms with van der Waals surface area (Å²) in [5, 5.41) is 2.67. The van der Waals surface area contributed by atoms with Gasteiger partial charge in [0.05, 0.1) is 6.54 Å².